The van der Waals surface area contributed by atoms with Crippen LogP contribution in [-0.2, 0) is 13.0 Å². The lowest BCUT2D eigenvalue weighted by atomic mass is 9.45. The Morgan fingerprint density at radius 3 is 2.65 bits per heavy atom. The molecular weight excluding hydrogens is 246 g/mol. The molecule has 3 nitrogen and oxygen atoms in total. The maximum atomic E-state index is 4.68. The second kappa shape index (κ2) is 4.87. The van der Waals surface area contributed by atoms with E-state index in [1.54, 1.807) is 0 Å². The molecule has 4 atom stereocenters. The number of aryl methyl sites for hydroxylation is 2. The van der Waals surface area contributed by atoms with Crippen molar-refractivity contribution in [2.45, 2.75) is 66.5 Å². The Morgan fingerprint density at radius 1 is 1.35 bits per heavy atom. The van der Waals surface area contributed by atoms with Gasteiger partial charge in [-0.15, -0.1) is 0 Å². The summed E-state index contributed by atoms with van der Waals surface area (Å²) < 4.78 is 0. The number of hydrogen-bond acceptors (Lipinski definition) is 2. The summed E-state index contributed by atoms with van der Waals surface area (Å²) >= 11 is 0. The second-order valence-corrected chi connectivity index (χ2v) is 7.55. The summed E-state index contributed by atoms with van der Waals surface area (Å²) in [5, 5.41) is 3.78. The van der Waals surface area contributed by atoms with Gasteiger partial charge in [-0.2, -0.15) is 0 Å². The van der Waals surface area contributed by atoms with Gasteiger partial charge in [-0.05, 0) is 42.9 Å². The molecule has 3 aliphatic rings. The third kappa shape index (κ3) is 2.11. The Labute approximate surface area is 123 Å². The van der Waals surface area contributed by atoms with Gasteiger partial charge in [0.25, 0.3) is 0 Å². The van der Waals surface area contributed by atoms with Gasteiger partial charge in [0.2, 0.25) is 0 Å². The lowest BCUT2D eigenvalue weighted by Crippen LogP contribution is -2.59. The number of fused-ring (bicyclic) bond motifs is 2. The van der Waals surface area contributed by atoms with Gasteiger partial charge < -0.3 is 10.3 Å². The van der Waals surface area contributed by atoms with Crippen LogP contribution in [0, 0.1) is 30.1 Å². The van der Waals surface area contributed by atoms with E-state index in [1.165, 1.54) is 24.2 Å². The maximum absolute atomic E-state index is 4.68. The van der Waals surface area contributed by atoms with E-state index in [-0.39, 0.29) is 0 Å². The van der Waals surface area contributed by atoms with Crippen LogP contribution < -0.4 is 5.32 Å². The number of nitrogens with one attached hydrogen (secondary N) is 2. The zero-order valence-corrected chi connectivity index (χ0v) is 13.6. The molecule has 0 aliphatic heterocycles. The Balaban J connectivity index is 1.61. The van der Waals surface area contributed by atoms with Gasteiger partial charge in [-0.25, -0.2) is 4.98 Å². The van der Waals surface area contributed by atoms with Crippen LogP contribution in [0.2, 0.25) is 0 Å². The number of rotatable bonds is 4. The number of aromatic nitrogens is 2. The van der Waals surface area contributed by atoms with E-state index >= 15 is 0 Å². The highest BCUT2D eigenvalue weighted by molar-refractivity contribution is 5.14. The summed E-state index contributed by atoms with van der Waals surface area (Å²) in [6.45, 7) is 12.6. The number of aromatic amines is 1. The van der Waals surface area contributed by atoms with Crippen molar-refractivity contribution in [3.63, 3.8) is 0 Å². The molecule has 3 heteroatoms. The molecule has 3 saturated carbocycles. The molecule has 1 heterocycles. The molecule has 2 N–H and O–H groups in total. The first kappa shape index (κ1) is 14.1. The minimum atomic E-state index is 0.579. The van der Waals surface area contributed by atoms with E-state index in [9.17, 15) is 0 Å². The normalized spacial score (nSPS) is 34.9. The predicted molar refractivity (Wildman–Crippen MR) is 82.5 cm³/mol. The van der Waals surface area contributed by atoms with Gasteiger partial charge in [0.1, 0.15) is 5.82 Å². The highest BCUT2D eigenvalue weighted by Crippen LogP contribution is 2.61. The van der Waals surface area contributed by atoms with E-state index in [4.69, 9.17) is 0 Å². The molecule has 1 aromatic heterocycles. The molecule has 3 fully saturated rings. The minimum absolute atomic E-state index is 0.579. The van der Waals surface area contributed by atoms with Crippen LogP contribution in [-0.4, -0.2) is 16.0 Å². The number of nitrogens with zero attached hydrogens (tertiary/aromatic N) is 1. The van der Waals surface area contributed by atoms with Crippen LogP contribution in [0.3, 0.4) is 0 Å². The van der Waals surface area contributed by atoms with E-state index < -0.39 is 0 Å². The van der Waals surface area contributed by atoms with Crippen LogP contribution >= 0.6 is 0 Å². The highest BCUT2D eigenvalue weighted by atomic mass is 15.0. The van der Waals surface area contributed by atoms with Gasteiger partial charge in [-0.3, -0.25) is 0 Å². The van der Waals surface area contributed by atoms with Crippen LogP contribution in [0.5, 0.6) is 0 Å². The fourth-order valence-corrected chi connectivity index (χ4v) is 4.55. The van der Waals surface area contributed by atoms with Crippen molar-refractivity contribution in [1.29, 1.82) is 0 Å². The number of hydrogen-bond donors (Lipinski definition) is 2. The average Bonchev–Trinajstić information content (AvgIpc) is 2.77. The maximum Gasteiger partial charge on any atom is 0.106 e. The van der Waals surface area contributed by atoms with Gasteiger partial charge in [0.15, 0.2) is 0 Å². The Bertz CT molecular complexity index is 488. The van der Waals surface area contributed by atoms with E-state index in [0.717, 1.165) is 36.5 Å². The smallest absolute Gasteiger partial charge is 0.106 e. The van der Waals surface area contributed by atoms with Crippen LogP contribution in [0.15, 0.2) is 0 Å². The summed E-state index contributed by atoms with van der Waals surface area (Å²) in [7, 11) is 0. The van der Waals surface area contributed by atoms with Crippen LogP contribution in [0.25, 0.3) is 0 Å². The molecule has 4 rings (SSSR count). The van der Waals surface area contributed by atoms with Gasteiger partial charge in [-0.1, -0.05) is 27.7 Å². The summed E-state index contributed by atoms with van der Waals surface area (Å²) in [6.07, 6.45) is 3.78. The zero-order valence-electron chi connectivity index (χ0n) is 13.6. The van der Waals surface area contributed by atoms with Crippen LogP contribution in [0.4, 0.5) is 0 Å². The fraction of sp³-hybridized carbons (Fsp3) is 0.824. The Morgan fingerprint density at radius 2 is 2.10 bits per heavy atom. The van der Waals surface area contributed by atoms with Crippen molar-refractivity contribution in [2.24, 2.45) is 23.2 Å². The van der Waals surface area contributed by atoms with E-state index in [1.807, 2.05) is 0 Å². The van der Waals surface area contributed by atoms with Crippen molar-refractivity contribution >= 4 is 0 Å². The Hall–Kier alpha value is -0.830. The minimum Gasteiger partial charge on any atom is -0.346 e. The lowest BCUT2D eigenvalue weighted by molar-refractivity contribution is -0.115. The topological polar surface area (TPSA) is 40.7 Å². The third-order valence-corrected chi connectivity index (χ3v) is 6.26. The fourth-order valence-electron chi connectivity index (χ4n) is 4.55. The summed E-state index contributed by atoms with van der Waals surface area (Å²) in [6, 6.07) is 0.674. The van der Waals surface area contributed by atoms with Gasteiger partial charge in [0.05, 0.1) is 5.69 Å². The second-order valence-electron chi connectivity index (χ2n) is 7.55. The molecule has 0 spiro atoms. The van der Waals surface area contributed by atoms with Gasteiger partial charge in [0, 0.05) is 24.7 Å². The van der Waals surface area contributed by atoms with Crippen molar-refractivity contribution in [3.05, 3.63) is 17.2 Å². The highest BCUT2D eigenvalue weighted by Gasteiger charge is 2.55. The molecule has 2 bridgehead atoms. The summed E-state index contributed by atoms with van der Waals surface area (Å²) in [4.78, 5) is 8.05. The van der Waals surface area contributed by atoms with E-state index in [0.29, 0.717) is 11.5 Å². The molecule has 0 amide bonds. The monoisotopic (exact) mass is 275 g/mol. The molecule has 4 unspecified atom stereocenters. The molecular formula is C17H29N3. The van der Waals surface area contributed by atoms with Crippen molar-refractivity contribution in [3.8, 4) is 0 Å². The molecule has 0 aromatic carbocycles. The molecule has 1 aromatic rings. The quantitative estimate of drug-likeness (QED) is 0.883. The van der Waals surface area contributed by atoms with E-state index in [2.05, 4.69) is 49.9 Å². The molecule has 0 saturated heterocycles. The summed E-state index contributed by atoms with van der Waals surface area (Å²) in [5.41, 5.74) is 3.01. The number of H-pyrrole nitrogens is 1. The van der Waals surface area contributed by atoms with Crippen molar-refractivity contribution < 1.29 is 0 Å². The first-order valence-electron chi connectivity index (χ1n) is 8.21. The standard InChI is InChI=1S/C17H29N3/c1-6-16-19-11(3)15(20-16)9-18-14-8-12-7-13(10(14)2)17(12,4)5/h10,12-14,18H,6-9H2,1-5H3,(H,19,20). The molecule has 112 valence electrons. The van der Waals surface area contributed by atoms with Crippen LogP contribution in [0.1, 0.15) is 57.7 Å². The zero-order chi connectivity index (χ0) is 14.5. The SMILES string of the molecule is CCc1nc(CNC2CC3CC(C2C)C3(C)C)c(C)[nH]1. The van der Waals surface area contributed by atoms with Gasteiger partial charge >= 0.3 is 0 Å². The first-order chi connectivity index (χ1) is 9.43. The predicted octanol–water partition coefficient (Wildman–Crippen LogP) is 3.44. The Kier molecular flexibility index (Phi) is 3.44. The van der Waals surface area contributed by atoms with Crippen molar-refractivity contribution in [2.75, 3.05) is 0 Å². The largest absolute Gasteiger partial charge is 0.346 e. The first-order valence-corrected chi connectivity index (χ1v) is 8.21. The third-order valence-electron chi connectivity index (χ3n) is 6.26. The average molecular weight is 275 g/mol. The molecule has 20 heavy (non-hydrogen) atoms. The molecule has 3 aliphatic carbocycles. The summed E-state index contributed by atoms with van der Waals surface area (Å²) in [5.74, 6) is 3.73. The van der Waals surface area contributed by atoms with Crippen molar-refractivity contribution in [1.82, 2.24) is 15.3 Å². The lowest BCUT2D eigenvalue weighted by Gasteiger charge is -2.62. The number of imidazole rings is 1. The molecule has 0 radical (unpaired) electrons.